The molecule has 0 saturated carbocycles. The fraction of sp³-hybridized carbons (Fsp3) is 0.440. The molecule has 1 unspecified atom stereocenters. The maximum absolute atomic E-state index is 12.0. The van der Waals surface area contributed by atoms with Gasteiger partial charge in [-0.3, -0.25) is 9.59 Å². The molecule has 16 heteroatoms. The number of carbonyl (C=O) groups is 2. The Labute approximate surface area is 263 Å². The van der Waals surface area contributed by atoms with Crippen LogP contribution < -0.4 is 19.9 Å². The van der Waals surface area contributed by atoms with Gasteiger partial charge in [0, 0.05) is 33.7 Å². The number of para-hydroxylation sites is 2. The maximum atomic E-state index is 12.0. The van der Waals surface area contributed by atoms with E-state index in [0.29, 0.717) is 11.5 Å². The first-order valence-corrected chi connectivity index (χ1v) is 17.6. The van der Waals surface area contributed by atoms with Gasteiger partial charge in [-0.05, 0) is 65.8 Å². The molecule has 3 atom stereocenters. The van der Waals surface area contributed by atoms with Crippen molar-refractivity contribution in [3.05, 3.63) is 60.7 Å². The molecule has 0 aliphatic rings. The lowest BCUT2D eigenvalue weighted by Gasteiger charge is -2.19. The molecule has 2 aromatic rings. The average Bonchev–Trinajstić information content (AvgIpc) is 2.78. The molecule has 0 aliphatic heterocycles. The summed E-state index contributed by atoms with van der Waals surface area (Å²) in [5.74, 6) is -0.115. The van der Waals surface area contributed by atoms with Crippen LogP contribution in [0.5, 0.6) is 11.5 Å². The Morgan fingerprint density at radius 3 is 1.41 bits per heavy atom. The molecule has 0 aliphatic carbocycles. The number of benzene rings is 2. The van der Waals surface area contributed by atoms with Crippen LogP contribution in [0.1, 0.15) is 49.0 Å². The van der Waals surface area contributed by atoms with Crippen molar-refractivity contribution in [1.29, 1.82) is 0 Å². The number of nitrogens with one attached hydrogen (secondary N) is 1. The molecule has 0 aromatic heterocycles. The van der Waals surface area contributed by atoms with E-state index in [1.807, 2.05) is 0 Å². The summed E-state index contributed by atoms with van der Waals surface area (Å²) < 4.78 is 42.2. The monoisotopic (exact) mass is 698 g/mol. The molecule has 0 spiro atoms. The van der Waals surface area contributed by atoms with Gasteiger partial charge >= 0.3 is 24.9 Å². The van der Waals surface area contributed by atoms with E-state index in [0.717, 1.165) is 0 Å². The lowest BCUT2D eigenvalue weighted by Crippen LogP contribution is -2.34. The molecular formula is C25H40Cl4N2O8P2. The Bertz CT molecular complexity index is 1090. The van der Waals surface area contributed by atoms with E-state index in [1.54, 1.807) is 95.3 Å². The van der Waals surface area contributed by atoms with E-state index in [2.05, 4.69) is 9.61 Å². The van der Waals surface area contributed by atoms with Crippen LogP contribution in [0.2, 0.25) is 0 Å². The minimum atomic E-state index is -3.65. The van der Waals surface area contributed by atoms with Gasteiger partial charge in [0.1, 0.15) is 23.6 Å². The second-order valence-electron chi connectivity index (χ2n) is 8.31. The second-order valence-corrected chi connectivity index (χ2v) is 15.2. The van der Waals surface area contributed by atoms with Crippen molar-refractivity contribution >= 4 is 71.0 Å². The molecule has 41 heavy (non-hydrogen) atoms. The number of halogens is 4. The predicted molar refractivity (Wildman–Crippen MR) is 170 cm³/mol. The Morgan fingerprint density at radius 2 is 1.10 bits per heavy atom. The first-order chi connectivity index (χ1) is 17.9. The molecule has 0 radical (unpaired) electrons. The van der Waals surface area contributed by atoms with Gasteiger partial charge in [-0.2, -0.15) is 0 Å². The number of carbonyl (C=O) groups excluding carboxylic acids is 2. The molecule has 236 valence electrons. The summed E-state index contributed by atoms with van der Waals surface area (Å²) in [7, 11) is 0. The highest BCUT2D eigenvalue weighted by atomic mass is 35.9. The molecular weight excluding hydrogens is 660 g/mol. The molecule has 2 rings (SSSR count). The zero-order chi connectivity index (χ0) is 30.2. The third kappa shape index (κ3) is 24.8. The molecule has 0 amide bonds. The van der Waals surface area contributed by atoms with E-state index >= 15 is 0 Å². The van der Waals surface area contributed by atoms with E-state index in [-0.39, 0.29) is 38.0 Å². The van der Waals surface area contributed by atoms with Crippen molar-refractivity contribution in [1.82, 2.24) is 5.09 Å². The summed E-state index contributed by atoms with van der Waals surface area (Å²) in [6, 6.07) is 15.7. The number of hydrogen-bond acceptors (Lipinski definition) is 9. The normalized spacial score (nSPS) is 13.2. The van der Waals surface area contributed by atoms with Crippen molar-refractivity contribution < 1.29 is 37.2 Å². The lowest BCUT2D eigenvalue weighted by molar-refractivity contribution is -0.149. The number of ether oxygens (including phenoxy) is 2. The van der Waals surface area contributed by atoms with Gasteiger partial charge < -0.3 is 24.3 Å². The van der Waals surface area contributed by atoms with E-state index in [9.17, 15) is 18.7 Å². The van der Waals surface area contributed by atoms with Gasteiger partial charge in [-0.25, -0.2) is 14.2 Å². The standard InChI is InChI=1S/C12H17ClNO4P.C6H5Cl2O2P.C6H13NO2.CH4.ClH/c1-9(2)17-12(15)10(3)14-19(13,16)18-11-7-5-4-6-8-11;7-11(8,9)10-6-4-2-1-3-5-6;1-4(2)9-6(8)5(3)7;;/h4-10H,1-3H3,(H,14,16);1-5H;4-5H,7H2,1-3H3;1H4;1H/t10-,19?;;5-;;/m0.0../s1. The first-order valence-electron chi connectivity index (χ1n) is 11.6. The number of rotatable bonds is 10. The Morgan fingerprint density at radius 1 is 0.732 bits per heavy atom. The van der Waals surface area contributed by atoms with Crippen LogP contribution >= 0.6 is 59.1 Å². The maximum Gasteiger partial charge on any atom is 0.428 e. The minimum Gasteiger partial charge on any atom is -0.462 e. The molecule has 0 saturated heterocycles. The van der Waals surface area contributed by atoms with Crippen molar-refractivity contribution in [2.24, 2.45) is 5.73 Å². The summed E-state index contributed by atoms with van der Waals surface area (Å²) in [5, 5.41) is 2.43. The third-order valence-corrected chi connectivity index (χ3v) is 6.18. The SMILES string of the molecule is C.CC(C)OC(=O)[C@H](C)N.CC(C)OC(=O)[C@H](C)NP(=O)(Cl)Oc1ccccc1.Cl.O=P(Cl)(Cl)Oc1ccccc1. The first kappa shape index (κ1) is 44.0. The highest BCUT2D eigenvalue weighted by Crippen LogP contribution is 2.57. The van der Waals surface area contributed by atoms with Gasteiger partial charge in [0.05, 0.1) is 12.2 Å². The number of hydrogen-bond donors (Lipinski definition) is 2. The van der Waals surface area contributed by atoms with Crippen LogP contribution in [0.4, 0.5) is 0 Å². The number of esters is 2. The molecule has 0 bridgehead atoms. The lowest BCUT2D eigenvalue weighted by atomic mass is 10.3. The molecule has 2 aromatic carbocycles. The van der Waals surface area contributed by atoms with Crippen LogP contribution in [0.15, 0.2) is 60.7 Å². The Hall–Kier alpha value is -1.48. The highest BCUT2D eigenvalue weighted by Gasteiger charge is 2.28. The molecule has 3 N–H and O–H groups in total. The highest BCUT2D eigenvalue weighted by molar-refractivity contribution is 8.05. The summed E-state index contributed by atoms with van der Waals surface area (Å²) >= 11 is 16.1. The van der Waals surface area contributed by atoms with Crippen LogP contribution in [-0.2, 0) is 28.2 Å². The van der Waals surface area contributed by atoms with Gasteiger partial charge in [0.15, 0.2) is 0 Å². The largest absolute Gasteiger partial charge is 0.462 e. The summed E-state index contributed by atoms with van der Waals surface area (Å²) in [4.78, 5) is 22.2. The summed E-state index contributed by atoms with van der Waals surface area (Å²) in [5.41, 5.74) is 5.21. The van der Waals surface area contributed by atoms with Gasteiger partial charge in [0.2, 0.25) is 0 Å². The van der Waals surface area contributed by atoms with E-state index in [1.165, 1.54) is 6.92 Å². The van der Waals surface area contributed by atoms with Crippen LogP contribution in [0, 0.1) is 0 Å². The third-order valence-electron chi connectivity index (χ3n) is 3.70. The average molecular weight is 700 g/mol. The topological polar surface area (TPSA) is 143 Å². The molecule has 0 heterocycles. The van der Waals surface area contributed by atoms with Crippen molar-refractivity contribution in [2.75, 3.05) is 0 Å². The number of nitrogens with two attached hydrogens (primary N) is 1. The quantitative estimate of drug-likeness (QED) is 0.183. The van der Waals surface area contributed by atoms with Crippen molar-refractivity contribution in [2.45, 2.75) is 73.3 Å². The van der Waals surface area contributed by atoms with Gasteiger partial charge in [-0.1, -0.05) is 43.8 Å². The minimum absolute atomic E-state index is 0. The predicted octanol–water partition coefficient (Wildman–Crippen LogP) is 8.34. The smallest absolute Gasteiger partial charge is 0.428 e. The van der Waals surface area contributed by atoms with E-state index < -0.39 is 31.0 Å². The zero-order valence-electron chi connectivity index (χ0n) is 22.9. The van der Waals surface area contributed by atoms with Crippen LogP contribution in [-0.4, -0.2) is 36.2 Å². The van der Waals surface area contributed by atoms with Crippen molar-refractivity contribution in [3.8, 4) is 11.5 Å². The molecule has 0 fully saturated rings. The van der Waals surface area contributed by atoms with E-state index in [4.69, 9.17) is 53.5 Å². The summed E-state index contributed by atoms with van der Waals surface area (Å²) in [6.07, 6.45) is -3.76. The van der Waals surface area contributed by atoms with Gasteiger partial charge in [-0.15, -0.1) is 12.4 Å². The summed E-state index contributed by atoms with van der Waals surface area (Å²) in [6.45, 7) is 6.50. The second kappa shape index (κ2) is 22.1. The van der Waals surface area contributed by atoms with Gasteiger partial charge in [0.25, 0.3) is 0 Å². The van der Waals surface area contributed by atoms with Crippen LogP contribution in [0.3, 0.4) is 0 Å². The Balaban J connectivity index is -0.000000563. The Kier molecular flexibility index (Phi) is 23.7. The van der Waals surface area contributed by atoms with Crippen molar-refractivity contribution in [3.63, 3.8) is 0 Å². The fourth-order valence-electron chi connectivity index (χ4n) is 2.21. The molecule has 10 nitrogen and oxygen atoms in total. The zero-order valence-corrected chi connectivity index (χ0v) is 27.7. The fourth-order valence-corrected chi connectivity index (χ4v) is 4.74. The van der Waals surface area contributed by atoms with Crippen LogP contribution in [0.25, 0.3) is 0 Å².